The minimum absolute atomic E-state index is 0.0929. The summed E-state index contributed by atoms with van der Waals surface area (Å²) in [5, 5.41) is 9.94. The Labute approximate surface area is 218 Å². The molecule has 0 bridgehead atoms. The molecular weight excluding hydrogens is 488 g/mol. The zero-order chi connectivity index (χ0) is 26.6. The van der Waals surface area contributed by atoms with Crippen molar-refractivity contribution in [1.82, 2.24) is 25.9 Å². The summed E-state index contributed by atoms with van der Waals surface area (Å²) in [5.74, 6) is -1.35. The van der Waals surface area contributed by atoms with Gasteiger partial charge in [-0.25, -0.2) is 9.78 Å². The van der Waals surface area contributed by atoms with Crippen LogP contribution in [0.1, 0.15) is 11.1 Å². The van der Waals surface area contributed by atoms with E-state index < -0.39 is 29.8 Å². The van der Waals surface area contributed by atoms with E-state index in [1.54, 1.807) is 0 Å². The molecular formula is C27H30N6O5. The molecule has 0 radical (unpaired) electrons. The second-order valence-corrected chi connectivity index (χ2v) is 9.27. The third-order valence-corrected chi connectivity index (χ3v) is 6.71. The molecule has 0 aliphatic carbocycles. The predicted octanol–water partition coefficient (Wildman–Crippen LogP) is 1.04. The highest BCUT2D eigenvalue weighted by Gasteiger charge is 2.26. The van der Waals surface area contributed by atoms with Crippen LogP contribution >= 0.6 is 0 Å². The van der Waals surface area contributed by atoms with E-state index >= 15 is 0 Å². The molecule has 38 heavy (non-hydrogen) atoms. The number of para-hydroxylation sites is 2. The van der Waals surface area contributed by atoms with Gasteiger partial charge in [0.1, 0.15) is 6.61 Å². The molecule has 198 valence electrons. The average Bonchev–Trinajstić information content (AvgIpc) is 3.46. The molecule has 1 aliphatic heterocycles. The fraction of sp³-hybridized carbons (Fsp3) is 0.296. The molecule has 2 atom stereocenters. The molecule has 11 nitrogen and oxygen atoms in total. The first-order valence-corrected chi connectivity index (χ1v) is 12.4. The summed E-state index contributed by atoms with van der Waals surface area (Å²) >= 11 is 0. The number of fused-ring (bicyclic) bond motifs is 7. The summed E-state index contributed by atoms with van der Waals surface area (Å²) in [5.41, 5.74) is 11.6. The van der Waals surface area contributed by atoms with Gasteiger partial charge in [-0.1, -0.05) is 36.4 Å². The third-order valence-electron chi connectivity index (χ3n) is 6.71. The lowest BCUT2D eigenvalue weighted by Gasteiger charge is -2.20. The third kappa shape index (κ3) is 5.25. The van der Waals surface area contributed by atoms with E-state index in [4.69, 9.17) is 15.5 Å². The van der Waals surface area contributed by atoms with E-state index in [2.05, 4.69) is 25.9 Å². The number of amides is 3. The van der Waals surface area contributed by atoms with Gasteiger partial charge in [-0.15, -0.1) is 0 Å². The second-order valence-electron chi connectivity index (χ2n) is 9.27. The molecule has 4 aromatic rings. The molecule has 3 amide bonds. The lowest BCUT2D eigenvalue weighted by atomic mass is 9.96. The number of hydrogen-bond acceptors (Lipinski definition) is 6. The Hall–Kier alpha value is -4.19. The maximum Gasteiger partial charge on any atom is 0.239 e. The predicted molar refractivity (Wildman–Crippen MR) is 142 cm³/mol. The topological polar surface area (TPSA) is 163 Å². The van der Waals surface area contributed by atoms with Crippen molar-refractivity contribution >= 4 is 39.5 Å². The fourth-order valence-corrected chi connectivity index (χ4v) is 4.93. The number of carbonyl (C=O) groups excluding carboxylic acids is 3. The minimum Gasteiger partial charge on any atom is -0.353 e. The molecule has 0 fully saturated rings. The van der Waals surface area contributed by atoms with Gasteiger partial charge in [-0.2, -0.15) is 0 Å². The van der Waals surface area contributed by atoms with Crippen LogP contribution in [0.25, 0.3) is 33.2 Å². The highest BCUT2D eigenvalue weighted by Crippen LogP contribution is 2.36. The Morgan fingerprint density at radius 3 is 2.03 bits per heavy atom. The monoisotopic (exact) mass is 518 g/mol. The van der Waals surface area contributed by atoms with Crippen LogP contribution in [-0.4, -0.2) is 66.6 Å². The van der Waals surface area contributed by atoms with Gasteiger partial charge < -0.3 is 31.7 Å². The number of nitrogens with one attached hydrogen (secondary N) is 5. The zero-order valence-corrected chi connectivity index (χ0v) is 20.9. The molecule has 0 saturated carbocycles. The largest absolute Gasteiger partial charge is 0.353 e. The number of carbonyl (C=O) groups is 3. The number of aromatic nitrogens is 2. The van der Waals surface area contributed by atoms with Crippen molar-refractivity contribution < 1.29 is 24.2 Å². The van der Waals surface area contributed by atoms with E-state index in [1.807, 2.05) is 48.5 Å². The van der Waals surface area contributed by atoms with E-state index in [-0.39, 0.29) is 26.1 Å². The number of nitrogens with two attached hydrogens (primary N) is 1. The van der Waals surface area contributed by atoms with Crippen molar-refractivity contribution in [3.05, 3.63) is 59.7 Å². The molecule has 0 saturated heterocycles. The van der Waals surface area contributed by atoms with Crippen LogP contribution in [0.2, 0.25) is 0 Å². The maximum atomic E-state index is 12.8. The molecule has 3 heterocycles. The fourth-order valence-electron chi connectivity index (χ4n) is 4.93. The van der Waals surface area contributed by atoms with Gasteiger partial charge in [-0.3, -0.25) is 14.4 Å². The van der Waals surface area contributed by atoms with Crippen LogP contribution < -0.4 is 21.7 Å². The summed E-state index contributed by atoms with van der Waals surface area (Å²) in [4.78, 5) is 54.8. The first kappa shape index (κ1) is 25.5. The second kappa shape index (κ2) is 11.1. The van der Waals surface area contributed by atoms with E-state index in [9.17, 15) is 14.4 Å². The highest BCUT2D eigenvalue weighted by molar-refractivity contribution is 5.97. The Bertz CT molecular complexity index is 1490. The normalized spacial score (nSPS) is 19.5. The Morgan fingerprint density at radius 1 is 0.816 bits per heavy atom. The number of hydrogen-bond donors (Lipinski definition) is 6. The summed E-state index contributed by atoms with van der Waals surface area (Å²) in [6, 6.07) is 14.4. The number of benzene rings is 2. The average molecular weight is 519 g/mol. The van der Waals surface area contributed by atoms with Crippen molar-refractivity contribution in [2.45, 2.75) is 24.9 Å². The highest BCUT2D eigenvalue weighted by atomic mass is 17.2. The first-order chi connectivity index (χ1) is 18.4. The van der Waals surface area contributed by atoms with Gasteiger partial charge in [0.05, 0.1) is 43.7 Å². The molecule has 5 rings (SSSR count). The number of H-pyrrole nitrogens is 2. The van der Waals surface area contributed by atoms with Crippen molar-refractivity contribution in [3.8, 4) is 11.4 Å². The Balaban J connectivity index is 1.67. The summed E-state index contributed by atoms with van der Waals surface area (Å²) in [6.07, 6.45) is 0.651. The van der Waals surface area contributed by atoms with Crippen molar-refractivity contribution in [1.29, 1.82) is 0 Å². The van der Waals surface area contributed by atoms with E-state index in [0.717, 1.165) is 44.3 Å². The number of aromatic amines is 2. The lowest BCUT2D eigenvalue weighted by Crippen LogP contribution is -2.48. The first-order valence-electron chi connectivity index (χ1n) is 12.4. The minimum atomic E-state index is -0.896. The Morgan fingerprint density at radius 2 is 1.39 bits per heavy atom. The van der Waals surface area contributed by atoms with Crippen LogP contribution in [0, 0.1) is 0 Å². The SMILES string of the molecule is COOCC1Cc2c([nH]c3ccccc23)-c2[nH]c3ccccc3c2CC(N)C(=O)NCC(=O)NCC(=O)N1. The summed E-state index contributed by atoms with van der Waals surface area (Å²) in [6.45, 7) is -0.449. The van der Waals surface area contributed by atoms with Crippen molar-refractivity contribution in [2.75, 3.05) is 26.8 Å². The molecule has 2 unspecified atom stereocenters. The van der Waals surface area contributed by atoms with Gasteiger partial charge in [0, 0.05) is 21.8 Å². The molecule has 1 aliphatic rings. The molecule has 7 N–H and O–H groups in total. The molecule has 0 spiro atoms. The van der Waals surface area contributed by atoms with Gasteiger partial charge in [0.25, 0.3) is 0 Å². The van der Waals surface area contributed by atoms with E-state index in [0.29, 0.717) is 6.42 Å². The van der Waals surface area contributed by atoms with Gasteiger partial charge >= 0.3 is 0 Å². The van der Waals surface area contributed by atoms with Gasteiger partial charge in [0.2, 0.25) is 17.7 Å². The summed E-state index contributed by atoms with van der Waals surface area (Å²) in [7, 11) is 1.41. The standard InChI is InChI=1S/C27H30N6O5/c1-37-38-14-15-10-18-16-6-2-4-8-21(16)32-25(18)26-19(17-7-3-5-9-22(17)33-26)11-20(28)27(36)30-12-23(34)29-13-24(35)31-15/h2-9,15,20,32-33H,10-14,28H2,1H3,(H,29,34)(H,30,36)(H,31,35). The Kier molecular flexibility index (Phi) is 7.40. The van der Waals surface area contributed by atoms with Crippen molar-refractivity contribution in [2.24, 2.45) is 5.73 Å². The summed E-state index contributed by atoms with van der Waals surface area (Å²) < 4.78 is 0. The van der Waals surface area contributed by atoms with E-state index in [1.165, 1.54) is 7.11 Å². The molecule has 2 aromatic carbocycles. The van der Waals surface area contributed by atoms with Crippen LogP contribution in [0.5, 0.6) is 0 Å². The quantitative estimate of drug-likeness (QED) is 0.175. The van der Waals surface area contributed by atoms with Crippen LogP contribution in [-0.2, 0) is 37.0 Å². The van der Waals surface area contributed by atoms with Crippen LogP contribution in [0.15, 0.2) is 48.5 Å². The zero-order valence-electron chi connectivity index (χ0n) is 20.9. The van der Waals surface area contributed by atoms with Crippen molar-refractivity contribution in [3.63, 3.8) is 0 Å². The molecule has 2 aromatic heterocycles. The molecule has 11 heteroatoms. The smallest absolute Gasteiger partial charge is 0.239 e. The number of rotatable bonds is 3. The van der Waals surface area contributed by atoms with Gasteiger partial charge in [-0.05, 0) is 36.1 Å². The van der Waals surface area contributed by atoms with Gasteiger partial charge in [0.15, 0.2) is 0 Å². The maximum absolute atomic E-state index is 12.8. The van der Waals surface area contributed by atoms with Crippen LogP contribution in [0.4, 0.5) is 0 Å². The van der Waals surface area contributed by atoms with Crippen LogP contribution in [0.3, 0.4) is 0 Å². The lowest BCUT2D eigenvalue weighted by molar-refractivity contribution is -0.275.